The van der Waals surface area contributed by atoms with Gasteiger partial charge in [-0.2, -0.15) is 0 Å². The number of aliphatic hydroxyl groups excluding tert-OH is 1. The molecule has 0 aliphatic heterocycles. The Balaban J connectivity index is 2.27. The average molecular weight is 206 g/mol. The molecular weight excluding hydrogens is 188 g/mol. The van der Waals surface area contributed by atoms with Crippen LogP contribution in [0, 0.1) is 0 Å². The Bertz CT molecular complexity index is 333. The zero-order chi connectivity index (χ0) is 10.7. The molecule has 0 radical (unpaired) electrons. The van der Waals surface area contributed by atoms with Crippen molar-refractivity contribution in [1.29, 1.82) is 0 Å². The lowest BCUT2D eigenvalue weighted by Gasteiger charge is -2.23. The zero-order valence-electron chi connectivity index (χ0n) is 9.20. The molecule has 2 rings (SSSR count). The first kappa shape index (κ1) is 10.5. The highest BCUT2D eigenvalue weighted by Gasteiger charge is 2.20. The molecule has 2 nitrogen and oxygen atoms in total. The van der Waals surface area contributed by atoms with E-state index in [1.54, 1.807) is 0 Å². The molecule has 0 saturated carbocycles. The van der Waals surface area contributed by atoms with Gasteiger partial charge in [0.2, 0.25) is 0 Å². The minimum Gasteiger partial charge on any atom is -0.493 e. The topological polar surface area (TPSA) is 29.5 Å². The number of aliphatic hydroxyl groups is 1. The first-order valence-corrected chi connectivity index (χ1v) is 5.75. The normalized spacial score (nSPS) is 19.7. The molecule has 0 aromatic heterocycles. The predicted octanol–water partition coefficient (Wildman–Crippen LogP) is 2.85. The summed E-state index contributed by atoms with van der Waals surface area (Å²) in [7, 11) is 0. The van der Waals surface area contributed by atoms with Crippen molar-refractivity contribution in [2.45, 2.75) is 38.7 Å². The van der Waals surface area contributed by atoms with Gasteiger partial charge in [0.15, 0.2) is 0 Å². The number of benzene rings is 1. The first-order chi connectivity index (χ1) is 7.33. The van der Waals surface area contributed by atoms with Crippen molar-refractivity contribution in [3.63, 3.8) is 0 Å². The van der Waals surface area contributed by atoms with Crippen molar-refractivity contribution < 1.29 is 9.84 Å². The maximum Gasteiger partial charge on any atom is 0.122 e. The minimum absolute atomic E-state index is 0.293. The van der Waals surface area contributed by atoms with Gasteiger partial charge in [0, 0.05) is 0 Å². The van der Waals surface area contributed by atoms with Crippen LogP contribution in [0.15, 0.2) is 18.2 Å². The molecule has 0 spiro atoms. The SMILES string of the molecule is CCCOc1cccc2c1CCCC2O. The van der Waals surface area contributed by atoms with Gasteiger partial charge in [0.05, 0.1) is 12.7 Å². The summed E-state index contributed by atoms with van der Waals surface area (Å²) < 4.78 is 5.69. The van der Waals surface area contributed by atoms with Crippen LogP contribution in [0.3, 0.4) is 0 Å². The van der Waals surface area contributed by atoms with E-state index in [4.69, 9.17) is 4.74 Å². The Labute approximate surface area is 90.9 Å². The van der Waals surface area contributed by atoms with E-state index in [1.165, 1.54) is 5.56 Å². The fourth-order valence-electron chi connectivity index (χ4n) is 2.14. The molecule has 1 unspecified atom stereocenters. The number of hydrogen-bond acceptors (Lipinski definition) is 2. The van der Waals surface area contributed by atoms with Crippen LogP contribution in [0.25, 0.3) is 0 Å². The van der Waals surface area contributed by atoms with Gasteiger partial charge in [-0.25, -0.2) is 0 Å². The average Bonchev–Trinajstić information content (AvgIpc) is 2.27. The highest BCUT2D eigenvalue weighted by atomic mass is 16.5. The molecule has 2 heteroatoms. The van der Waals surface area contributed by atoms with E-state index in [0.29, 0.717) is 0 Å². The van der Waals surface area contributed by atoms with E-state index in [0.717, 1.165) is 43.6 Å². The number of hydrogen-bond donors (Lipinski definition) is 1. The summed E-state index contributed by atoms with van der Waals surface area (Å²) in [5.41, 5.74) is 2.28. The van der Waals surface area contributed by atoms with Crippen LogP contribution in [0.4, 0.5) is 0 Å². The van der Waals surface area contributed by atoms with Gasteiger partial charge in [-0.3, -0.25) is 0 Å². The van der Waals surface area contributed by atoms with Crippen LogP contribution in [-0.2, 0) is 6.42 Å². The molecule has 1 aromatic rings. The summed E-state index contributed by atoms with van der Waals surface area (Å²) in [6, 6.07) is 5.99. The first-order valence-electron chi connectivity index (χ1n) is 5.75. The van der Waals surface area contributed by atoms with Crippen molar-refractivity contribution in [2.75, 3.05) is 6.61 Å². The summed E-state index contributed by atoms with van der Waals surface area (Å²) in [6.07, 6.45) is 3.70. The summed E-state index contributed by atoms with van der Waals surface area (Å²) >= 11 is 0. The minimum atomic E-state index is -0.293. The molecule has 0 bridgehead atoms. The van der Waals surface area contributed by atoms with Crippen molar-refractivity contribution in [3.8, 4) is 5.75 Å². The Hall–Kier alpha value is -1.02. The van der Waals surface area contributed by atoms with Gasteiger partial charge in [-0.1, -0.05) is 19.1 Å². The highest BCUT2D eigenvalue weighted by molar-refractivity contribution is 5.42. The van der Waals surface area contributed by atoms with Crippen LogP contribution in [0.2, 0.25) is 0 Å². The summed E-state index contributed by atoms with van der Waals surface area (Å²) in [5, 5.41) is 9.86. The molecule has 0 saturated heterocycles. The lowest BCUT2D eigenvalue weighted by Crippen LogP contribution is -2.11. The van der Waals surface area contributed by atoms with Gasteiger partial charge in [0.25, 0.3) is 0 Å². The smallest absolute Gasteiger partial charge is 0.122 e. The van der Waals surface area contributed by atoms with Gasteiger partial charge < -0.3 is 9.84 Å². The second-order valence-electron chi connectivity index (χ2n) is 4.08. The van der Waals surface area contributed by atoms with Gasteiger partial charge in [-0.05, 0) is 42.9 Å². The zero-order valence-corrected chi connectivity index (χ0v) is 9.20. The molecule has 0 fully saturated rings. The van der Waals surface area contributed by atoms with Crippen LogP contribution < -0.4 is 4.74 Å². The van der Waals surface area contributed by atoms with Crippen molar-refractivity contribution in [1.82, 2.24) is 0 Å². The molecule has 1 N–H and O–H groups in total. The number of fused-ring (bicyclic) bond motifs is 1. The van der Waals surface area contributed by atoms with Gasteiger partial charge in [-0.15, -0.1) is 0 Å². The Morgan fingerprint density at radius 1 is 1.47 bits per heavy atom. The third kappa shape index (κ3) is 2.15. The molecule has 1 aliphatic carbocycles. The molecule has 15 heavy (non-hydrogen) atoms. The molecule has 1 aliphatic rings. The summed E-state index contributed by atoms with van der Waals surface area (Å²) in [6.45, 7) is 2.86. The van der Waals surface area contributed by atoms with Crippen LogP contribution in [0.5, 0.6) is 5.75 Å². The second kappa shape index (κ2) is 4.67. The fraction of sp³-hybridized carbons (Fsp3) is 0.538. The summed E-state index contributed by atoms with van der Waals surface area (Å²) in [5.74, 6) is 0.966. The van der Waals surface area contributed by atoms with E-state index in [2.05, 4.69) is 6.92 Å². The number of rotatable bonds is 3. The Morgan fingerprint density at radius 3 is 3.13 bits per heavy atom. The molecule has 0 heterocycles. The quantitative estimate of drug-likeness (QED) is 0.824. The van der Waals surface area contributed by atoms with Gasteiger partial charge in [0.1, 0.15) is 5.75 Å². The molecule has 82 valence electrons. The highest BCUT2D eigenvalue weighted by Crippen LogP contribution is 2.35. The molecular formula is C13H18O2. The fourth-order valence-corrected chi connectivity index (χ4v) is 2.14. The van der Waals surface area contributed by atoms with Crippen molar-refractivity contribution in [3.05, 3.63) is 29.3 Å². The van der Waals surface area contributed by atoms with E-state index in [-0.39, 0.29) is 6.10 Å². The third-order valence-corrected chi connectivity index (χ3v) is 2.89. The Morgan fingerprint density at radius 2 is 2.33 bits per heavy atom. The molecule has 1 aromatic carbocycles. The van der Waals surface area contributed by atoms with Crippen molar-refractivity contribution >= 4 is 0 Å². The maximum atomic E-state index is 9.86. The number of ether oxygens (including phenoxy) is 1. The van der Waals surface area contributed by atoms with Crippen LogP contribution >= 0.6 is 0 Å². The van der Waals surface area contributed by atoms with Crippen molar-refractivity contribution in [2.24, 2.45) is 0 Å². The predicted molar refractivity (Wildman–Crippen MR) is 60.1 cm³/mol. The largest absolute Gasteiger partial charge is 0.493 e. The second-order valence-corrected chi connectivity index (χ2v) is 4.08. The lowest BCUT2D eigenvalue weighted by molar-refractivity contribution is 0.155. The Kier molecular flexibility index (Phi) is 3.27. The molecule has 0 amide bonds. The van der Waals surface area contributed by atoms with Crippen LogP contribution in [-0.4, -0.2) is 11.7 Å². The summed E-state index contributed by atoms with van der Waals surface area (Å²) in [4.78, 5) is 0. The maximum absolute atomic E-state index is 9.86. The monoisotopic (exact) mass is 206 g/mol. The third-order valence-electron chi connectivity index (χ3n) is 2.89. The molecule has 1 atom stereocenters. The van der Waals surface area contributed by atoms with E-state index < -0.39 is 0 Å². The van der Waals surface area contributed by atoms with Gasteiger partial charge >= 0.3 is 0 Å². The van der Waals surface area contributed by atoms with Crippen LogP contribution in [0.1, 0.15) is 43.4 Å². The van der Waals surface area contributed by atoms with E-state index >= 15 is 0 Å². The lowest BCUT2D eigenvalue weighted by atomic mass is 9.89. The van der Waals surface area contributed by atoms with E-state index in [9.17, 15) is 5.11 Å². The standard InChI is InChI=1S/C13H18O2/c1-2-9-15-13-8-4-5-10-11(13)6-3-7-12(10)14/h4-5,8,12,14H,2-3,6-7,9H2,1H3. The van der Waals surface area contributed by atoms with E-state index in [1.807, 2.05) is 18.2 Å².